The standard InChI is InChI=1S/C17H11N2.C17H23NS.Cu/c1-2-9-16-14(6-1)15-8-3-7-13(17(15)19-16)12-5-4-10-18-11-12;1-11(2)15-8-7-9-16(12(3)4)17(15)18-10-19-14(6)13(18)5;/h1-11H;7-9,11-12H,1-6H3;/q-1;;+2. The zero-order valence-electron chi connectivity index (χ0n) is 23.3. The molecule has 0 aliphatic carbocycles. The van der Waals surface area contributed by atoms with Gasteiger partial charge in [-0.3, -0.25) is 9.55 Å². The molecule has 0 atom stereocenters. The Kier molecular flexibility index (Phi) is 9.07. The maximum absolute atomic E-state index is 4.76. The van der Waals surface area contributed by atoms with Gasteiger partial charge in [-0.25, -0.2) is 0 Å². The first-order valence-corrected chi connectivity index (χ1v) is 14.1. The third-order valence-electron chi connectivity index (χ3n) is 7.14. The Morgan fingerprint density at radius 3 is 2.08 bits per heavy atom. The first-order valence-electron chi connectivity index (χ1n) is 13.2. The zero-order chi connectivity index (χ0) is 26.8. The van der Waals surface area contributed by atoms with Gasteiger partial charge in [0.25, 0.3) is 0 Å². The number of fused-ring (bicyclic) bond motifs is 3. The number of aryl methyl sites for hydroxylation is 1. The van der Waals surface area contributed by atoms with Crippen LogP contribution in [0.25, 0.3) is 38.6 Å². The van der Waals surface area contributed by atoms with Gasteiger partial charge < -0.3 is 4.98 Å². The molecule has 0 fully saturated rings. The fourth-order valence-electron chi connectivity index (χ4n) is 4.95. The molecule has 0 unspecified atom stereocenters. The van der Waals surface area contributed by atoms with Gasteiger partial charge in [0.1, 0.15) is 5.69 Å². The maximum atomic E-state index is 4.76. The van der Waals surface area contributed by atoms with Crippen LogP contribution in [0.1, 0.15) is 61.2 Å². The SMILES string of the molecule is Cc1s[c-][n+](-c2c(C(C)C)cccc2C(C)C)c1C.[Cu+2].c1cncc(-c2cccc3c2[n-]c2ccccc23)c1. The Labute approximate surface area is 246 Å². The normalized spacial score (nSPS) is 11.1. The van der Waals surface area contributed by atoms with Crippen molar-refractivity contribution in [3.8, 4) is 16.8 Å². The van der Waals surface area contributed by atoms with E-state index in [1.807, 2.05) is 18.3 Å². The summed E-state index contributed by atoms with van der Waals surface area (Å²) in [5.41, 5.74) is 13.3. The van der Waals surface area contributed by atoms with E-state index in [-0.39, 0.29) is 17.1 Å². The molecule has 6 rings (SSSR count). The second-order valence-corrected chi connectivity index (χ2v) is 11.3. The van der Waals surface area contributed by atoms with Gasteiger partial charge in [0.05, 0.1) is 5.69 Å². The summed E-state index contributed by atoms with van der Waals surface area (Å²) in [5.74, 6) is 1.04. The van der Waals surface area contributed by atoms with Gasteiger partial charge in [-0.05, 0) is 62.7 Å². The molecule has 6 aromatic rings. The number of rotatable bonds is 4. The average Bonchev–Trinajstić information content (AvgIpc) is 3.48. The summed E-state index contributed by atoms with van der Waals surface area (Å²) in [7, 11) is 0. The van der Waals surface area contributed by atoms with Crippen LogP contribution in [0.3, 0.4) is 0 Å². The molecule has 3 nitrogen and oxygen atoms in total. The van der Waals surface area contributed by atoms with E-state index in [0.717, 1.165) is 22.2 Å². The van der Waals surface area contributed by atoms with E-state index in [9.17, 15) is 0 Å². The van der Waals surface area contributed by atoms with Crippen LogP contribution in [0.4, 0.5) is 0 Å². The molecule has 3 aromatic heterocycles. The molecule has 0 N–H and O–H groups in total. The molecule has 0 aliphatic heterocycles. The third kappa shape index (κ3) is 5.72. The number of hydrogen-bond donors (Lipinski definition) is 0. The van der Waals surface area contributed by atoms with E-state index in [4.69, 9.17) is 4.98 Å². The van der Waals surface area contributed by atoms with Gasteiger partial charge in [0.2, 0.25) is 5.51 Å². The van der Waals surface area contributed by atoms with Gasteiger partial charge in [-0.2, -0.15) is 11.3 Å². The summed E-state index contributed by atoms with van der Waals surface area (Å²) in [6.45, 7) is 13.4. The number of thiazole rings is 1. The van der Waals surface area contributed by atoms with Gasteiger partial charge in [0, 0.05) is 12.4 Å². The van der Waals surface area contributed by atoms with Gasteiger partial charge in [-0.1, -0.05) is 101 Å². The van der Waals surface area contributed by atoms with Gasteiger partial charge in [0.15, 0.2) is 0 Å². The van der Waals surface area contributed by atoms with Gasteiger partial charge in [-0.15, -0.1) is 11.0 Å². The topological polar surface area (TPSA) is 30.9 Å². The Hall–Kier alpha value is -3.24. The predicted octanol–water partition coefficient (Wildman–Crippen LogP) is 8.70. The van der Waals surface area contributed by atoms with E-state index < -0.39 is 0 Å². The monoisotopic (exact) mass is 579 g/mol. The second kappa shape index (κ2) is 12.3. The van der Waals surface area contributed by atoms with Gasteiger partial charge >= 0.3 is 17.1 Å². The van der Waals surface area contributed by atoms with Crippen LogP contribution < -0.4 is 9.55 Å². The van der Waals surface area contributed by atoms with E-state index in [2.05, 4.69) is 117 Å². The third-order valence-corrected chi connectivity index (χ3v) is 8.01. The first-order chi connectivity index (χ1) is 18.4. The number of nitrogens with zero attached hydrogens (tertiary/aromatic N) is 3. The number of benzene rings is 3. The molecule has 0 saturated heterocycles. The van der Waals surface area contributed by atoms with Crippen LogP contribution in [0.2, 0.25) is 0 Å². The van der Waals surface area contributed by atoms with Crippen LogP contribution in [-0.4, -0.2) is 4.98 Å². The predicted molar refractivity (Wildman–Crippen MR) is 160 cm³/mol. The fraction of sp³-hybridized carbons (Fsp3) is 0.235. The Morgan fingerprint density at radius 2 is 1.46 bits per heavy atom. The van der Waals surface area contributed by atoms with Crippen LogP contribution in [0.15, 0.2) is 85.2 Å². The summed E-state index contributed by atoms with van der Waals surface area (Å²) in [6.07, 6.45) is 3.67. The Bertz CT molecular complexity index is 1670. The average molecular weight is 580 g/mol. The van der Waals surface area contributed by atoms with Crippen LogP contribution >= 0.6 is 11.3 Å². The molecule has 0 bridgehead atoms. The molecular formula is C34H34CuN3S+. The molecule has 3 heterocycles. The molecule has 0 spiro atoms. The number of pyridine rings is 1. The first kappa shape index (κ1) is 28.8. The van der Waals surface area contributed by atoms with E-state index in [1.165, 1.54) is 38.2 Å². The largest absolute Gasteiger partial charge is 2.00 e. The zero-order valence-corrected chi connectivity index (χ0v) is 25.0. The van der Waals surface area contributed by atoms with Crippen molar-refractivity contribution in [3.05, 3.63) is 112 Å². The van der Waals surface area contributed by atoms with Crippen molar-refractivity contribution in [1.82, 2.24) is 9.97 Å². The summed E-state index contributed by atoms with van der Waals surface area (Å²) in [4.78, 5) is 10.3. The molecular weight excluding hydrogens is 546 g/mol. The van der Waals surface area contributed by atoms with Crippen molar-refractivity contribution < 1.29 is 21.6 Å². The fourth-order valence-corrected chi connectivity index (χ4v) is 5.65. The van der Waals surface area contributed by atoms with Crippen molar-refractivity contribution in [2.45, 2.75) is 53.4 Å². The van der Waals surface area contributed by atoms with E-state index in [1.54, 1.807) is 17.5 Å². The molecule has 1 radical (unpaired) electrons. The maximum Gasteiger partial charge on any atom is 2.00 e. The van der Waals surface area contributed by atoms with E-state index >= 15 is 0 Å². The number of aromatic nitrogens is 3. The van der Waals surface area contributed by atoms with Crippen molar-refractivity contribution in [2.24, 2.45) is 0 Å². The summed E-state index contributed by atoms with van der Waals surface area (Å²) >= 11 is 1.70. The smallest absolute Gasteiger partial charge is 0.656 e. The van der Waals surface area contributed by atoms with E-state index in [0.29, 0.717) is 11.8 Å². The number of para-hydroxylation sites is 3. The van der Waals surface area contributed by atoms with Crippen LogP contribution in [-0.2, 0) is 17.1 Å². The van der Waals surface area contributed by atoms with Crippen LogP contribution in [0.5, 0.6) is 0 Å². The van der Waals surface area contributed by atoms with Crippen molar-refractivity contribution in [3.63, 3.8) is 0 Å². The molecule has 0 amide bonds. The molecule has 0 aliphatic rings. The summed E-state index contributed by atoms with van der Waals surface area (Å²) in [5, 5.41) is 2.42. The van der Waals surface area contributed by atoms with Crippen molar-refractivity contribution in [2.75, 3.05) is 0 Å². The molecule has 39 heavy (non-hydrogen) atoms. The minimum atomic E-state index is 0. The minimum Gasteiger partial charge on any atom is -0.656 e. The Balaban J connectivity index is 0.000000176. The second-order valence-electron chi connectivity index (χ2n) is 10.3. The quantitative estimate of drug-likeness (QED) is 0.119. The minimum absolute atomic E-state index is 0. The molecule has 5 heteroatoms. The number of hydrogen-bond acceptors (Lipinski definition) is 2. The van der Waals surface area contributed by atoms with Crippen molar-refractivity contribution >= 4 is 33.1 Å². The summed E-state index contributed by atoms with van der Waals surface area (Å²) in [6, 6.07) is 25.3. The molecule has 3 aromatic carbocycles. The molecule has 0 saturated carbocycles. The van der Waals surface area contributed by atoms with Crippen molar-refractivity contribution in [1.29, 1.82) is 0 Å². The molecule has 201 valence electrons. The summed E-state index contributed by atoms with van der Waals surface area (Å²) < 4.78 is 2.25. The van der Waals surface area contributed by atoms with Crippen LogP contribution in [0, 0.1) is 19.4 Å². The Morgan fingerprint density at radius 1 is 0.795 bits per heavy atom.